The number of thiazole rings is 1. The third-order valence-electron chi connectivity index (χ3n) is 5.31. The van der Waals surface area contributed by atoms with Gasteiger partial charge < -0.3 is 0 Å². The molecule has 7 heteroatoms. The van der Waals surface area contributed by atoms with E-state index in [4.69, 9.17) is 0 Å². The van der Waals surface area contributed by atoms with E-state index in [0.717, 1.165) is 17.3 Å². The molecule has 0 fully saturated rings. The SMILES string of the molecule is CCc1ncc(CNC(c2ccccc2C(C)C)c2nnnn2Cc2ccccc2)s1. The molecule has 1 N–H and O–H groups in total. The summed E-state index contributed by atoms with van der Waals surface area (Å²) in [6.45, 7) is 7.92. The minimum absolute atomic E-state index is 0.121. The normalized spacial score (nSPS) is 12.4. The van der Waals surface area contributed by atoms with Crippen LogP contribution in [0.4, 0.5) is 0 Å². The van der Waals surface area contributed by atoms with E-state index >= 15 is 0 Å². The number of nitrogens with one attached hydrogen (secondary N) is 1. The maximum atomic E-state index is 4.50. The summed E-state index contributed by atoms with van der Waals surface area (Å²) in [6, 6.07) is 18.7. The van der Waals surface area contributed by atoms with Crippen LogP contribution in [0, 0.1) is 0 Å². The first-order valence-electron chi connectivity index (χ1n) is 10.7. The zero-order chi connectivity index (χ0) is 21.6. The predicted molar refractivity (Wildman–Crippen MR) is 124 cm³/mol. The average Bonchev–Trinajstić information content (AvgIpc) is 3.45. The lowest BCUT2D eigenvalue weighted by atomic mass is 9.92. The lowest BCUT2D eigenvalue weighted by Gasteiger charge is -2.22. The average molecular weight is 433 g/mol. The summed E-state index contributed by atoms with van der Waals surface area (Å²) in [6.07, 6.45) is 2.93. The fraction of sp³-hybridized carbons (Fsp3) is 0.333. The quantitative estimate of drug-likeness (QED) is 0.414. The van der Waals surface area contributed by atoms with Crippen molar-refractivity contribution < 1.29 is 0 Å². The summed E-state index contributed by atoms with van der Waals surface area (Å²) in [5.41, 5.74) is 3.68. The maximum absolute atomic E-state index is 4.50. The van der Waals surface area contributed by atoms with Crippen LogP contribution >= 0.6 is 11.3 Å². The molecule has 0 amide bonds. The molecule has 0 bridgehead atoms. The number of aryl methyl sites for hydroxylation is 1. The van der Waals surface area contributed by atoms with Crippen molar-refractivity contribution in [3.05, 3.63) is 93.2 Å². The van der Waals surface area contributed by atoms with E-state index in [9.17, 15) is 0 Å². The molecule has 1 atom stereocenters. The van der Waals surface area contributed by atoms with E-state index in [1.54, 1.807) is 11.3 Å². The maximum Gasteiger partial charge on any atom is 0.173 e. The molecule has 2 aromatic heterocycles. The van der Waals surface area contributed by atoms with E-state index in [1.165, 1.54) is 21.6 Å². The van der Waals surface area contributed by atoms with Gasteiger partial charge in [0.15, 0.2) is 5.82 Å². The number of tetrazole rings is 1. The van der Waals surface area contributed by atoms with Crippen LogP contribution in [0.3, 0.4) is 0 Å². The molecule has 160 valence electrons. The molecule has 2 heterocycles. The lowest BCUT2D eigenvalue weighted by molar-refractivity contribution is 0.523. The van der Waals surface area contributed by atoms with Crippen molar-refractivity contribution in [2.75, 3.05) is 0 Å². The highest BCUT2D eigenvalue weighted by molar-refractivity contribution is 7.11. The van der Waals surface area contributed by atoms with Gasteiger partial charge in [-0.05, 0) is 39.5 Å². The number of nitrogens with zero attached hydrogens (tertiary/aromatic N) is 5. The molecule has 0 aliphatic heterocycles. The fourth-order valence-electron chi connectivity index (χ4n) is 3.72. The Hall–Kier alpha value is -2.90. The van der Waals surface area contributed by atoms with Gasteiger partial charge in [0.2, 0.25) is 0 Å². The van der Waals surface area contributed by atoms with Crippen LogP contribution in [-0.4, -0.2) is 25.2 Å². The van der Waals surface area contributed by atoms with Crippen LogP contribution in [0.25, 0.3) is 0 Å². The Balaban J connectivity index is 1.68. The number of aromatic nitrogens is 5. The number of rotatable bonds is 9. The molecule has 6 nitrogen and oxygen atoms in total. The summed E-state index contributed by atoms with van der Waals surface area (Å²) >= 11 is 1.75. The zero-order valence-electron chi connectivity index (χ0n) is 18.2. The second-order valence-corrected chi connectivity index (χ2v) is 9.05. The second-order valence-electron chi connectivity index (χ2n) is 7.85. The summed E-state index contributed by atoms with van der Waals surface area (Å²) in [5.74, 6) is 1.21. The van der Waals surface area contributed by atoms with Gasteiger partial charge in [0, 0.05) is 17.6 Å². The van der Waals surface area contributed by atoms with Gasteiger partial charge in [0.25, 0.3) is 0 Å². The first-order chi connectivity index (χ1) is 15.2. The topological polar surface area (TPSA) is 68.5 Å². The van der Waals surface area contributed by atoms with Crippen molar-refractivity contribution >= 4 is 11.3 Å². The highest BCUT2D eigenvalue weighted by Gasteiger charge is 2.24. The van der Waals surface area contributed by atoms with Crippen molar-refractivity contribution in [1.29, 1.82) is 0 Å². The van der Waals surface area contributed by atoms with Crippen molar-refractivity contribution in [3.8, 4) is 0 Å². The largest absolute Gasteiger partial charge is 0.299 e. The van der Waals surface area contributed by atoms with Gasteiger partial charge in [-0.3, -0.25) is 5.32 Å². The Labute approximate surface area is 187 Å². The molecule has 4 rings (SSSR count). The van der Waals surface area contributed by atoms with Crippen molar-refractivity contribution in [3.63, 3.8) is 0 Å². The molecule has 1 unspecified atom stereocenters. The standard InChI is InChI=1S/C24H28N6S/c1-4-22-25-14-19(31-22)15-26-23(21-13-9-8-12-20(21)17(2)3)24-27-28-29-30(24)16-18-10-6-5-7-11-18/h5-14,17,23,26H,4,15-16H2,1-3H3. The number of hydrogen-bond donors (Lipinski definition) is 1. The molecular formula is C24H28N6S. The van der Waals surface area contributed by atoms with Crippen LogP contribution in [0.2, 0.25) is 0 Å². The van der Waals surface area contributed by atoms with Crippen molar-refractivity contribution in [2.45, 2.75) is 52.2 Å². The number of benzene rings is 2. The number of hydrogen-bond acceptors (Lipinski definition) is 6. The molecular weight excluding hydrogens is 404 g/mol. The Morgan fingerprint density at radius 3 is 2.45 bits per heavy atom. The summed E-state index contributed by atoms with van der Waals surface area (Å²) in [7, 11) is 0. The molecule has 0 saturated heterocycles. The minimum Gasteiger partial charge on any atom is -0.299 e. The molecule has 0 aliphatic carbocycles. The van der Waals surface area contributed by atoms with Crippen molar-refractivity contribution in [2.24, 2.45) is 0 Å². The summed E-state index contributed by atoms with van der Waals surface area (Å²) in [5, 5.41) is 17.7. The van der Waals surface area contributed by atoms with Crippen LogP contribution < -0.4 is 5.32 Å². The molecule has 4 aromatic rings. The minimum atomic E-state index is -0.121. The van der Waals surface area contributed by atoms with E-state index in [-0.39, 0.29) is 6.04 Å². The van der Waals surface area contributed by atoms with Gasteiger partial charge in [-0.15, -0.1) is 16.4 Å². The van der Waals surface area contributed by atoms with E-state index in [0.29, 0.717) is 19.0 Å². The van der Waals surface area contributed by atoms with Crippen LogP contribution in [0.5, 0.6) is 0 Å². The third kappa shape index (κ3) is 5.06. The van der Waals surface area contributed by atoms with Crippen molar-refractivity contribution in [1.82, 2.24) is 30.5 Å². The first-order valence-corrected chi connectivity index (χ1v) is 11.5. The molecule has 31 heavy (non-hydrogen) atoms. The summed E-state index contributed by atoms with van der Waals surface area (Å²) in [4.78, 5) is 5.71. The Morgan fingerprint density at radius 1 is 1.00 bits per heavy atom. The Kier molecular flexibility index (Phi) is 6.84. The van der Waals surface area contributed by atoms with Crippen LogP contribution in [0.1, 0.15) is 65.1 Å². The smallest absolute Gasteiger partial charge is 0.173 e. The lowest BCUT2D eigenvalue weighted by Crippen LogP contribution is -2.27. The third-order valence-corrected chi connectivity index (χ3v) is 6.45. The van der Waals surface area contributed by atoms with Crippen LogP contribution in [0.15, 0.2) is 60.8 Å². The van der Waals surface area contributed by atoms with Gasteiger partial charge >= 0.3 is 0 Å². The zero-order valence-corrected chi connectivity index (χ0v) is 19.0. The van der Waals surface area contributed by atoms with E-state index in [1.807, 2.05) is 29.1 Å². The molecule has 2 aromatic carbocycles. The molecule has 0 spiro atoms. The molecule has 0 aliphatic rings. The predicted octanol–water partition coefficient (Wildman–Crippen LogP) is 4.74. The highest BCUT2D eigenvalue weighted by Crippen LogP contribution is 2.29. The van der Waals surface area contributed by atoms with E-state index < -0.39 is 0 Å². The molecule has 0 saturated carbocycles. The highest BCUT2D eigenvalue weighted by atomic mass is 32.1. The monoisotopic (exact) mass is 432 g/mol. The van der Waals surface area contributed by atoms with Crippen LogP contribution in [-0.2, 0) is 19.5 Å². The first kappa shape index (κ1) is 21.3. The Bertz CT molecular complexity index is 1100. The van der Waals surface area contributed by atoms with Gasteiger partial charge in [0.1, 0.15) is 0 Å². The molecule has 0 radical (unpaired) electrons. The second kappa shape index (κ2) is 9.94. The fourth-order valence-corrected chi connectivity index (χ4v) is 4.54. The van der Waals surface area contributed by atoms with Gasteiger partial charge in [-0.2, -0.15) is 0 Å². The Morgan fingerprint density at radius 2 is 1.74 bits per heavy atom. The van der Waals surface area contributed by atoms with E-state index in [2.05, 4.69) is 83.0 Å². The summed E-state index contributed by atoms with van der Waals surface area (Å²) < 4.78 is 1.90. The van der Waals surface area contributed by atoms with Gasteiger partial charge in [-0.1, -0.05) is 75.4 Å². The van der Waals surface area contributed by atoms with Gasteiger partial charge in [-0.25, -0.2) is 9.67 Å². The van der Waals surface area contributed by atoms with Gasteiger partial charge in [0.05, 0.1) is 17.6 Å².